The van der Waals surface area contributed by atoms with Gasteiger partial charge in [-0.15, -0.1) is 0 Å². The van der Waals surface area contributed by atoms with E-state index in [-0.39, 0.29) is 18.3 Å². The van der Waals surface area contributed by atoms with Gasteiger partial charge in [-0.1, -0.05) is 41.9 Å². The number of hydrogen-bond donors (Lipinski definition) is 1. The van der Waals surface area contributed by atoms with Gasteiger partial charge in [-0.2, -0.15) is 0 Å². The molecule has 0 atom stereocenters. The molecule has 6 nitrogen and oxygen atoms in total. The summed E-state index contributed by atoms with van der Waals surface area (Å²) in [7, 11) is 3.96. The zero-order valence-electron chi connectivity index (χ0n) is 16.4. The van der Waals surface area contributed by atoms with Gasteiger partial charge in [0.2, 0.25) is 0 Å². The van der Waals surface area contributed by atoms with Gasteiger partial charge in [0, 0.05) is 24.1 Å². The number of nitrogens with one attached hydrogen (secondary N) is 1. The van der Waals surface area contributed by atoms with E-state index in [1.54, 1.807) is 12.1 Å². The number of hydrogen-bond acceptors (Lipinski definition) is 5. The van der Waals surface area contributed by atoms with Gasteiger partial charge >= 0.3 is 5.63 Å². The summed E-state index contributed by atoms with van der Waals surface area (Å²) in [6, 6.07) is 14.2. The Kier molecular flexibility index (Phi) is 6.90. The maximum atomic E-state index is 12.0. The largest absolute Gasteiger partial charge is 0.482 e. The van der Waals surface area contributed by atoms with E-state index in [9.17, 15) is 9.59 Å². The molecule has 1 amide bonds. The highest BCUT2D eigenvalue weighted by Gasteiger charge is 2.13. The van der Waals surface area contributed by atoms with Crippen LogP contribution in [0.25, 0.3) is 22.1 Å². The maximum Gasteiger partial charge on any atom is 0.336 e. The number of halogens is 1. The molecular formula is C22H23ClN2O4. The van der Waals surface area contributed by atoms with Gasteiger partial charge in [-0.25, -0.2) is 4.79 Å². The third kappa shape index (κ3) is 5.59. The van der Waals surface area contributed by atoms with Crippen molar-refractivity contribution in [1.29, 1.82) is 0 Å². The number of amides is 1. The zero-order valence-corrected chi connectivity index (χ0v) is 17.2. The highest BCUT2D eigenvalue weighted by atomic mass is 35.5. The highest BCUT2D eigenvalue weighted by molar-refractivity contribution is 6.33. The van der Waals surface area contributed by atoms with E-state index in [0.717, 1.165) is 24.1 Å². The quantitative estimate of drug-likeness (QED) is 0.450. The smallest absolute Gasteiger partial charge is 0.336 e. The first kappa shape index (κ1) is 20.9. The molecule has 1 N–H and O–H groups in total. The molecule has 0 aliphatic rings. The molecular weight excluding hydrogens is 392 g/mol. The number of fused-ring (bicyclic) bond motifs is 1. The summed E-state index contributed by atoms with van der Waals surface area (Å²) < 4.78 is 10.9. The molecule has 0 radical (unpaired) electrons. The maximum absolute atomic E-state index is 12.0. The minimum Gasteiger partial charge on any atom is -0.482 e. The molecule has 29 heavy (non-hydrogen) atoms. The van der Waals surface area contributed by atoms with Crippen molar-refractivity contribution in [3.05, 3.63) is 64.0 Å². The second-order valence-corrected chi connectivity index (χ2v) is 7.33. The van der Waals surface area contributed by atoms with Crippen LogP contribution in [-0.2, 0) is 4.79 Å². The van der Waals surface area contributed by atoms with Crippen LogP contribution in [0.1, 0.15) is 6.42 Å². The predicted molar refractivity (Wildman–Crippen MR) is 115 cm³/mol. The van der Waals surface area contributed by atoms with Crippen LogP contribution >= 0.6 is 11.6 Å². The molecule has 0 saturated heterocycles. The second kappa shape index (κ2) is 9.58. The van der Waals surface area contributed by atoms with Gasteiger partial charge < -0.3 is 19.4 Å². The van der Waals surface area contributed by atoms with Crippen molar-refractivity contribution in [3.8, 4) is 16.9 Å². The molecule has 0 aliphatic heterocycles. The minimum atomic E-state index is -0.469. The van der Waals surface area contributed by atoms with Crippen molar-refractivity contribution in [3.63, 3.8) is 0 Å². The Morgan fingerprint density at radius 3 is 2.66 bits per heavy atom. The zero-order chi connectivity index (χ0) is 20.8. The predicted octanol–water partition coefficient (Wildman–Crippen LogP) is 3.56. The standard InChI is InChI=1S/C22H23ClN2O4/c1-25(2)10-6-9-24-21(26)14-28-20-13-19-17(11-18(20)23)16(12-22(27)29-19)15-7-4-3-5-8-15/h3-5,7-8,11-13H,6,9-10,14H2,1-2H3,(H,24,26). The molecule has 1 aromatic heterocycles. The van der Waals surface area contributed by atoms with Crippen LogP contribution in [0.4, 0.5) is 0 Å². The monoisotopic (exact) mass is 414 g/mol. The molecule has 1 heterocycles. The van der Waals surface area contributed by atoms with E-state index >= 15 is 0 Å². The lowest BCUT2D eigenvalue weighted by molar-refractivity contribution is -0.123. The van der Waals surface area contributed by atoms with Gasteiger partial charge in [-0.3, -0.25) is 4.79 Å². The van der Waals surface area contributed by atoms with E-state index in [2.05, 4.69) is 10.2 Å². The van der Waals surface area contributed by atoms with E-state index < -0.39 is 5.63 Å². The van der Waals surface area contributed by atoms with Crippen LogP contribution in [0.5, 0.6) is 5.75 Å². The first-order chi connectivity index (χ1) is 13.9. The van der Waals surface area contributed by atoms with Crippen LogP contribution < -0.4 is 15.7 Å². The average molecular weight is 415 g/mol. The van der Waals surface area contributed by atoms with E-state index in [4.69, 9.17) is 20.8 Å². The first-order valence-electron chi connectivity index (χ1n) is 9.31. The molecule has 0 saturated carbocycles. The molecule has 7 heteroatoms. The minimum absolute atomic E-state index is 0.171. The van der Waals surface area contributed by atoms with E-state index in [1.165, 1.54) is 6.07 Å². The summed E-state index contributed by atoms with van der Waals surface area (Å²) >= 11 is 6.37. The van der Waals surface area contributed by atoms with Crippen molar-refractivity contribution >= 4 is 28.5 Å². The normalized spacial score (nSPS) is 11.0. The first-order valence-corrected chi connectivity index (χ1v) is 9.69. The van der Waals surface area contributed by atoms with Crippen LogP contribution in [0.15, 0.2) is 57.7 Å². The Balaban J connectivity index is 1.76. The number of benzene rings is 2. The number of nitrogens with zero attached hydrogens (tertiary/aromatic N) is 1. The lowest BCUT2D eigenvalue weighted by Crippen LogP contribution is -2.31. The molecule has 0 fully saturated rings. The van der Waals surface area contributed by atoms with Crippen molar-refractivity contribution in [1.82, 2.24) is 10.2 Å². The van der Waals surface area contributed by atoms with Crippen molar-refractivity contribution in [2.75, 3.05) is 33.8 Å². The van der Waals surface area contributed by atoms with Crippen molar-refractivity contribution in [2.45, 2.75) is 6.42 Å². The molecule has 152 valence electrons. The Morgan fingerprint density at radius 1 is 1.17 bits per heavy atom. The van der Waals surface area contributed by atoms with Crippen LogP contribution in [0.3, 0.4) is 0 Å². The van der Waals surface area contributed by atoms with Crippen LogP contribution in [-0.4, -0.2) is 44.6 Å². The molecule has 0 aliphatic carbocycles. The lowest BCUT2D eigenvalue weighted by Gasteiger charge is -2.12. The number of carbonyl (C=O) groups is 1. The fourth-order valence-electron chi connectivity index (χ4n) is 2.95. The van der Waals surface area contributed by atoms with E-state index in [1.807, 2.05) is 44.4 Å². The van der Waals surface area contributed by atoms with Gasteiger partial charge in [0.1, 0.15) is 11.3 Å². The summed E-state index contributed by atoms with van der Waals surface area (Å²) in [5.41, 5.74) is 1.49. The molecule has 0 bridgehead atoms. The van der Waals surface area contributed by atoms with Gasteiger partial charge in [0.05, 0.1) is 5.02 Å². The Hall–Kier alpha value is -2.83. The fourth-order valence-corrected chi connectivity index (χ4v) is 3.17. The van der Waals surface area contributed by atoms with E-state index in [0.29, 0.717) is 22.5 Å². The third-order valence-corrected chi connectivity index (χ3v) is 4.64. The summed E-state index contributed by atoms with van der Waals surface area (Å²) in [4.78, 5) is 26.0. The number of rotatable bonds is 8. The lowest BCUT2D eigenvalue weighted by atomic mass is 10.0. The third-order valence-electron chi connectivity index (χ3n) is 4.34. The summed E-state index contributed by atoms with van der Waals surface area (Å²) in [5, 5.41) is 3.83. The fraction of sp³-hybridized carbons (Fsp3) is 0.273. The summed E-state index contributed by atoms with van der Waals surface area (Å²) in [6.45, 7) is 1.29. The van der Waals surface area contributed by atoms with Crippen molar-refractivity contribution < 1.29 is 13.9 Å². The molecule has 3 rings (SSSR count). The highest BCUT2D eigenvalue weighted by Crippen LogP contribution is 2.34. The summed E-state index contributed by atoms with van der Waals surface area (Å²) in [5.74, 6) is 0.0513. The van der Waals surface area contributed by atoms with Crippen LogP contribution in [0, 0.1) is 0 Å². The SMILES string of the molecule is CN(C)CCCNC(=O)COc1cc2oc(=O)cc(-c3ccccc3)c2cc1Cl. The Labute approximate surface area is 174 Å². The number of carbonyl (C=O) groups excluding carboxylic acids is 1. The summed E-state index contributed by atoms with van der Waals surface area (Å²) in [6.07, 6.45) is 0.850. The van der Waals surface area contributed by atoms with Gasteiger partial charge in [-0.05, 0) is 44.3 Å². The van der Waals surface area contributed by atoms with Gasteiger partial charge in [0.15, 0.2) is 6.61 Å². The topological polar surface area (TPSA) is 71.8 Å². The number of ether oxygens (including phenoxy) is 1. The van der Waals surface area contributed by atoms with Gasteiger partial charge in [0.25, 0.3) is 5.91 Å². The van der Waals surface area contributed by atoms with Crippen molar-refractivity contribution in [2.24, 2.45) is 0 Å². The van der Waals surface area contributed by atoms with Crippen LogP contribution in [0.2, 0.25) is 5.02 Å². The average Bonchev–Trinajstić information content (AvgIpc) is 2.70. The molecule has 2 aromatic carbocycles. The Bertz CT molecular complexity index is 1050. The second-order valence-electron chi connectivity index (χ2n) is 6.92. The molecule has 3 aromatic rings. The Morgan fingerprint density at radius 2 is 1.93 bits per heavy atom. The molecule has 0 unspecified atom stereocenters. The molecule has 0 spiro atoms.